The van der Waals surface area contributed by atoms with Crippen LogP contribution in [-0.2, 0) is 20.9 Å². The van der Waals surface area contributed by atoms with Crippen LogP contribution in [0.25, 0.3) is 16.9 Å². The zero-order chi connectivity index (χ0) is 25.3. The quantitative estimate of drug-likeness (QED) is 0.253. The van der Waals surface area contributed by atoms with Gasteiger partial charge in [0.25, 0.3) is 0 Å². The van der Waals surface area contributed by atoms with Gasteiger partial charge in [-0.1, -0.05) is 18.1 Å². The standard InChI is InChI=1S/C26H29FN6O3/c1-2-5-20(34)8-9-24(35)29-11-10-28-17-19-16-23-26(32-12-14-36-15-13-32)30-25(31-33(23)18-19)21-6-3-4-7-22(21)27/h3-4,6-7,16,18,28H,8-15,17H2,1H3,(H,29,35). The lowest BCUT2D eigenvalue weighted by Crippen LogP contribution is -2.37. The summed E-state index contributed by atoms with van der Waals surface area (Å²) in [6, 6.07) is 8.50. The maximum Gasteiger partial charge on any atom is 0.220 e. The number of halogens is 1. The molecule has 36 heavy (non-hydrogen) atoms. The third kappa shape index (κ3) is 6.44. The fourth-order valence-corrected chi connectivity index (χ4v) is 3.94. The smallest absolute Gasteiger partial charge is 0.220 e. The van der Waals surface area contributed by atoms with Gasteiger partial charge < -0.3 is 20.3 Å². The summed E-state index contributed by atoms with van der Waals surface area (Å²) in [6.45, 7) is 5.74. The second-order valence-electron chi connectivity index (χ2n) is 8.34. The van der Waals surface area contributed by atoms with Gasteiger partial charge in [0, 0.05) is 51.8 Å². The van der Waals surface area contributed by atoms with E-state index >= 15 is 0 Å². The number of hydrogen-bond donors (Lipinski definition) is 2. The lowest BCUT2D eigenvalue weighted by atomic mass is 10.2. The minimum absolute atomic E-state index is 0.124. The minimum atomic E-state index is -0.372. The van der Waals surface area contributed by atoms with Crippen LogP contribution in [0.2, 0.25) is 0 Å². The summed E-state index contributed by atoms with van der Waals surface area (Å²) >= 11 is 0. The van der Waals surface area contributed by atoms with Crippen molar-refractivity contribution in [2.45, 2.75) is 26.3 Å². The van der Waals surface area contributed by atoms with Gasteiger partial charge in [-0.15, -0.1) is 5.10 Å². The predicted molar refractivity (Wildman–Crippen MR) is 134 cm³/mol. The number of rotatable bonds is 10. The summed E-state index contributed by atoms with van der Waals surface area (Å²) in [4.78, 5) is 30.1. The lowest BCUT2D eigenvalue weighted by molar-refractivity contribution is -0.123. The van der Waals surface area contributed by atoms with Gasteiger partial charge in [0.1, 0.15) is 11.3 Å². The molecule has 0 atom stereocenters. The number of carbonyl (C=O) groups is 2. The van der Waals surface area contributed by atoms with E-state index in [1.165, 1.54) is 6.07 Å². The highest BCUT2D eigenvalue weighted by Gasteiger charge is 2.20. The summed E-state index contributed by atoms with van der Waals surface area (Å²) < 4.78 is 21.7. The van der Waals surface area contributed by atoms with Crippen LogP contribution in [0.4, 0.5) is 10.2 Å². The molecule has 1 amide bonds. The zero-order valence-electron chi connectivity index (χ0n) is 20.2. The first-order chi connectivity index (χ1) is 17.5. The molecule has 10 heteroatoms. The number of aromatic nitrogens is 3. The third-order valence-electron chi connectivity index (χ3n) is 5.72. The molecule has 1 aromatic carbocycles. The Morgan fingerprint density at radius 3 is 2.75 bits per heavy atom. The van der Waals surface area contributed by atoms with Crippen molar-refractivity contribution in [2.75, 3.05) is 44.3 Å². The molecule has 2 aromatic heterocycles. The summed E-state index contributed by atoms with van der Waals surface area (Å²) in [5, 5.41) is 10.7. The van der Waals surface area contributed by atoms with Crippen LogP contribution in [0.3, 0.4) is 0 Å². The van der Waals surface area contributed by atoms with Crippen LogP contribution in [0.15, 0.2) is 36.5 Å². The SMILES string of the molecule is CC#CC(=O)CCC(=O)NCCNCc1cc2c(N3CCOCC3)nc(-c3ccccc3F)nn2c1. The predicted octanol–water partition coefficient (Wildman–Crippen LogP) is 1.95. The monoisotopic (exact) mass is 492 g/mol. The Hall–Kier alpha value is -3.81. The summed E-state index contributed by atoms with van der Waals surface area (Å²) in [7, 11) is 0. The molecule has 1 fully saturated rings. The number of nitrogens with one attached hydrogen (secondary N) is 2. The molecule has 0 saturated carbocycles. The topological polar surface area (TPSA) is 101 Å². The van der Waals surface area contributed by atoms with Gasteiger partial charge in [-0.2, -0.15) is 0 Å². The van der Waals surface area contributed by atoms with Crippen LogP contribution in [-0.4, -0.2) is 65.7 Å². The molecule has 4 rings (SSSR count). The molecule has 0 spiro atoms. The van der Waals surface area contributed by atoms with Crippen molar-refractivity contribution < 1.29 is 18.7 Å². The summed E-state index contributed by atoms with van der Waals surface area (Å²) in [6.07, 6.45) is 2.15. The van der Waals surface area contributed by atoms with Crippen molar-refractivity contribution >= 4 is 23.0 Å². The van der Waals surface area contributed by atoms with Gasteiger partial charge >= 0.3 is 0 Å². The highest BCUT2D eigenvalue weighted by molar-refractivity contribution is 5.97. The number of anilines is 1. The van der Waals surface area contributed by atoms with Gasteiger partial charge in [0.15, 0.2) is 11.6 Å². The Morgan fingerprint density at radius 1 is 1.17 bits per heavy atom. The van der Waals surface area contributed by atoms with Gasteiger partial charge in [0.05, 0.1) is 18.8 Å². The highest BCUT2D eigenvalue weighted by atomic mass is 19.1. The Bertz CT molecular complexity index is 1290. The van der Waals surface area contributed by atoms with Crippen molar-refractivity contribution in [1.82, 2.24) is 25.2 Å². The molecule has 1 aliphatic heterocycles. The first-order valence-corrected chi connectivity index (χ1v) is 11.9. The number of fused-ring (bicyclic) bond motifs is 1. The van der Waals surface area contributed by atoms with Crippen LogP contribution in [0.1, 0.15) is 25.3 Å². The number of nitrogens with zero attached hydrogens (tertiary/aromatic N) is 4. The average molecular weight is 493 g/mol. The number of ether oxygens (including phenoxy) is 1. The van der Waals surface area contributed by atoms with E-state index in [4.69, 9.17) is 9.72 Å². The number of benzene rings is 1. The number of ketones is 1. The summed E-state index contributed by atoms with van der Waals surface area (Å²) in [5.41, 5.74) is 2.17. The fourth-order valence-electron chi connectivity index (χ4n) is 3.94. The molecule has 3 aromatic rings. The summed E-state index contributed by atoms with van der Waals surface area (Å²) in [5.74, 6) is 5.25. The second-order valence-corrected chi connectivity index (χ2v) is 8.34. The molecule has 0 aliphatic carbocycles. The first kappa shape index (κ1) is 25.3. The normalized spacial score (nSPS) is 13.3. The third-order valence-corrected chi connectivity index (χ3v) is 5.72. The van der Waals surface area contributed by atoms with E-state index in [2.05, 4.69) is 32.5 Å². The molecule has 3 heterocycles. The molecule has 188 valence electrons. The number of hydrogen-bond acceptors (Lipinski definition) is 7. The fraction of sp³-hybridized carbons (Fsp3) is 0.385. The lowest BCUT2D eigenvalue weighted by Gasteiger charge is -2.28. The Kier molecular flexibility index (Phi) is 8.60. The van der Waals surface area contributed by atoms with E-state index in [9.17, 15) is 14.0 Å². The highest BCUT2D eigenvalue weighted by Crippen LogP contribution is 2.27. The van der Waals surface area contributed by atoms with Crippen molar-refractivity contribution in [3.05, 3.63) is 47.9 Å². The van der Waals surface area contributed by atoms with E-state index in [0.717, 1.165) is 16.9 Å². The molecule has 9 nitrogen and oxygen atoms in total. The van der Waals surface area contributed by atoms with Gasteiger partial charge in [-0.3, -0.25) is 9.59 Å². The maximum absolute atomic E-state index is 14.5. The second kappa shape index (κ2) is 12.2. The van der Waals surface area contributed by atoms with Crippen molar-refractivity contribution in [3.63, 3.8) is 0 Å². The van der Waals surface area contributed by atoms with Crippen LogP contribution < -0.4 is 15.5 Å². The molecular formula is C26H29FN6O3. The molecule has 1 saturated heterocycles. The van der Waals surface area contributed by atoms with Crippen LogP contribution in [0.5, 0.6) is 0 Å². The van der Waals surface area contributed by atoms with Crippen molar-refractivity contribution in [2.24, 2.45) is 0 Å². The molecule has 0 unspecified atom stereocenters. The largest absolute Gasteiger partial charge is 0.378 e. The molecule has 0 bridgehead atoms. The number of Topliss-reactive ketones (excluding diaryl/α,β-unsaturated/α-hetero) is 1. The minimum Gasteiger partial charge on any atom is -0.378 e. The number of carbonyl (C=O) groups excluding carboxylic acids is 2. The van der Waals surface area contributed by atoms with Gasteiger partial charge in [-0.25, -0.2) is 13.9 Å². The van der Waals surface area contributed by atoms with Crippen LogP contribution >= 0.6 is 0 Å². The Morgan fingerprint density at radius 2 is 1.97 bits per heavy atom. The van der Waals surface area contributed by atoms with Gasteiger partial charge in [0.2, 0.25) is 11.7 Å². The number of morpholine rings is 1. The molecule has 1 aliphatic rings. The van der Waals surface area contributed by atoms with E-state index in [1.807, 2.05) is 12.3 Å². The molecule has 0 radical (unpaired) electrons. The van der Waals surface area contributed by atoms with E-state index in [0.29, 0.717) is 57.3 Å². The Balaban J connectivity index is 1.41. The van der Waals surface area contributed by atoms with E-state index < -0.39 is 0 Å². The maximum atomic E-state index is 14.5. The van der Waals surface area contributed by atoms with E-state index in [1.54, 1.807) is 29.6 Å². The van der Waals surface area contributed by atoms with Gasteiger partial charge in [-0.05, 0) is 36.6 Å². The number of amides is 1. The molecular weight excluding hydrogens is 463 g/mol. The van der Waals surface area contributed by atoms with Crippen molar-refractivity contribution in [1.29, 1.82) is 0 Å². The Labute approximate surface area is 209 Å². The van der Waals surface area contributed by atoms with Crippen molar-refractivity contribution in [3.8, 4) is 23.2 Å². The molecule has 2 N–H and O–H groups in total. The average Bonchev–Trinajstić information content (AvgIpc) is 3.30. The first-order valence-electron chi connectivity index (χ1n) is 11.9. The van der Waals surface area contributed by atoms with E-state index in [-0.39, 0.29) is 30.3 Å². The zero-order valence-corrected chi connectivity index (χ0v) is 20.2. The van der Waals surface area contributed by atoms with Crippen LogP contribution in [0, 0.1) is 17.7 Å².